The van der Waals surface area contributed by atoms with Crippen LogP contribution >= 0.6 is 0 Å². The molecule has 8 nitrogen and oxygen atoms in total. The SMILES string of the molecule is CCC(C)(C)NC(=O)c1nc(N[C@H]2CCCC[C@H]2N=C(N)COC)c2cc(C)ccc2n1. The maximum atomic E-state index is 12.9. The van der Waals surface area contributed by atoms with Crippen molar-refractivity contribution in [1.82, 2.24) is 15.3 Å². The molecular weight excluding hydrogens is 404 g/mol. The molecule has 0 radical (unpaired) electrons. The van der Waals surface area contributed by atoms with Gasteiger partial charge in [-0.1, -0.05) is 31.4 Å². The molecule has 32 heavy (non-hydrogen) atoms. The number of amides is 1. The van der Waals surface area contributed by atoms with Crippen molar-refractivity contribution in [2.24, 2.45) is 10.7 Å². The molecule has 1 saturated carbocycles. The van der Waals surface area contributed by atoms with Crippen molar-refractivity contribution in [1.29, 1.82) is 0 Å². The topological polar surface area (TPSA) is 115 Å². The van der Waals surface area contributed by atoms with Gasteiger partial charge in [-0.15, -0.1) is 0 Å². The summed E-state index contributed by atoms with van der Waals surface area (Å²) in [5.41, 5.74) is 7.55. The minimum atomic E-state index is -0.335. The fourth-order valence-electron chi connectivity index (χ4n) is 3.91. The van der Waals surface area contributed by atoms with Gasteiger partial charge in [-0.3, -0.25) is 9.79 Å². The van der Waals surface area contributed by atoms with Crippen LogP contribution in [0.25, 0.3) is 10.9 Å². The number of nitrogens with zero attached hydrogens (tertiary/aromatic N) is 3. The molecule has 3 rings (SSSR count). The molecule has 0 aliphatic heterocycles. The summed E-state index contributed by atoms with van der Waals surface area (Å²) in [6.45, 7) is 8.37. The fraction of sp³-hybridized carbons (Fsp3) is 0.583. The molecule has 0 spiro atoms. The Labute approximate surface area is 190 Å². The molecule has 1 aliphatic carbocycles. The van der Waals surface area contributed by atoms with E-state index in [1.807, 2.05) is 39.8 Å². The Morgan fingerprint density at radius 1 is 1.28 bits per heavy atom. The van der Waals surface area contributed by atoms with Gasteiger partial charge in [0.2, 0.25) is 5.82 Å². The zero-order chi connectivity index (χ0) is 23.3. The van der Waals surface area contributed by atoms with Gasteiger partial charge in [-0.2, -0.15) is 0 Å². The van der Waals surface area contributed by atoms with E-state index in [9.17, 15) is 4.79 Å². The summed E-state index contributed by atoms with van der Waals surface area (Å²) < 4.78 is 5.12. The van der Waals surface area contributed by atoms with Gasteiger partial charge in [-0.05, 0) is 52.2 Å². The average Bonchev–Trinajstić information content (AvgIpc) is 2.75. The third-order valence-corrected chi connectivity index (χ3v) is 6.07. The van der Waals surface area contributed by atoms with Gasteiger partial charge in [0.1, 0.15) is 18.3 Å². The van der Waals surface area contributed by atoms with Crippen molar-refractivity contribution in [3.05, 3.63) is 29.6 Å². The summed E-state index contributed by atoms with van der Waals surface area (Å²) in [5.74, 6) is 1.05. The number of carbonyl (C=O) groups is 1. The highest BCUT2D eigenvalue weighted by molar-refractivity contribution is 5.97. The molecule has 1 fully saturated rings. The van der Waals surface area contributed by atoms with E-state index < -0.39 is 0 Å². The number of carbonyl (C=O) groups excluding carboxylic acids is 1. The van der Waals surface area contributed by atoms with Crippen LogP contribution in [0.4, 0.5) is 5.82 Å². The number of fused-ring (bicyclic) bond motifs is 1. The maximum absolute atomic E-state index is 12.9. The van der Waals surface area contributed by atoms with Crippen molar-refractivity contribution in [2.45, 2.75) is 77.4 Å². The number of aliphatic imine (C=N–C) groups is 1. The zero-order valence-corrected chi connectivity index (χ0v) is 19.9. The summed E-state index contributed by atoms with van der Waals surface area (Å²) in [4.78, 5) is 26.9. The Morgan fingerprint density at radius 3 is 2.75 bits per heavy atom. The molecule has 0 saturated heterocycles. The first-order chi connectivity index (χ1) is 15.2. The van der Waals surface area contributed by atoms with E-state index in [0.717, 1.165) is 48.6 Å². The van der Waals surface area contributed by atoms with Crippen LogP contribution in [0.5, 0.6) is 0 Å². The summed E-state index contributed by atoms with van der Waals surface area (Å²) >= 11 is 0. The molecule has 0 unspecified atom stereocenters. The molecule has 1 amide bonds. The summed E-state index contributed by atoms with van der Waals surface area (Å²) in [5, 5.41) is 7.52. The van der Waals surface area contributed by atoms with Gasteiger partial charge in [0, 0.05) is 24.1 Å². The summed E-state index contributed by atoms with van der Waals surface area (Å²) in [7, 11) is 1.61. The smallest absolute Gasteiger partial charge is 0.289 e. The van der Waals surface area contributed by atoms with Crippen LogP contribution in [0.1, 0.15) is 69.1 Å². The van der Waals surface area contributed by atoms with Gasteiger partial charge >= 0.3 is 0 Å². The highest BCUT2D eigenvalue weighted by atomic mass is 16.5. The van der Waals surface area contributed by atoms with Crippen LogP contribution in [-0.4, -0.2) is 53.1 Å². The Morgan fingerprint density at radius 2 is 2.03 bits per heavy atom. The van der Waals surface area contributed by atoms with Crippen molar-refractivity contribution in [3.63, 3.8) is 0 Å². The fourth-order valence-corrected chi connectivity index (χ4v) is 3.91. The molecule has 2 atom stereocenters. The number of hydrogen-bond donors (Lipinski definition) is 3. The first-order valence-electron chi connectivity index (χ1n) is 11.4. The van der Waals surface area contributed by atoms with Gasteiger partial charge in [0.15, 0.2) is 0 Å². The minimum absolute atomic E-state index is 0.0324. The largest absolute Gasteiger partial charge is 0.386 e. The number of aryl methyl sites for hydroxylation is 1. The third kappa shape index (κ3) is 5.94. The number of anilines is 1. The van der Waals surface area contributed by atoms with E-state index in [1.54, 1.807) is 7.11 Å². The Kier molecular flexibility index (Phi) is 7.66. The maximum Gasteiger partial charge on any atom is 0.289 e. The molecule has 8 heteroatoms. The predicted octanol–water partition coefficient (Wildman–Crippen LogP) is 3.58. The van der Waals surface area contributed by atoms with Gasteiger partial charge in [0.25, 0.3) is 5.91 Å². The number of aromatic nitrogens is 2. The Balaban J connectivity index is 1.97. The second kappa shape index (κ2) is 10.3. The number of methoxy groups -OCH3 is 1. The Hall–Kier alpha value is -2.74. The van der Waals surface area contributed by atoms with Crippen LogP contribution in [-0.2, 0) is 4.74 Å². The Bertz CT molecular complexity index is 988. The number of nitrogens with two attached hydrogens (primary N) is 1. The van der Waals surface area contributed by atoms with Crippen LogP contribution in [0.2, 0.25) is 0 Å². The molecular formula is C24H36N6O2. The van der Waals surface area contributed by atoms with Crippen molar-refractivity contribution in [2.75, 3.05) is 19.0 Å². The number of hydrogen-bond acceptors (Lipinski definition) is 6. The van der Waals surface area contributed by atoms with E-state index >= 15 is 0 Å². The zero-order valence-electron chi connectivity index (χ0n) is 19.9. The highest BCUT2D eigenvalue weighted by Crippen LogP contribution is 2.28. The van der Waals surface area contributed by atoms with Crippen LogP contribution < -0.4 is 16.4 Å². The van der Waals surface area contributed by atoms with Crippen LogP contribution in [0, 0.1) is 6.92 Å². The predicted molar refractivity (Wildman–Crippen MR) is 129 cm³/mol. The standard InChI is InChI=1S/C24H36N6O2/c1-6-24(3,4)30-23(31)22-27-17-12-11-15(2)13-16(17)21(29-22)28-19-10-8-7-9-18(19)26-20(25)14-32-5/h11-13,18-19H,6-10,14H2,1-5H3,(H2,25,26)(H,30,31)(H,27,28,29)/t18-,19+/m1/s1. The lowest BCUT2D eigenvalue weighted by atomic mass is 9.90. The molecule has 4 N–H and O–H groups in total. The van der Waals surface area contributed by atoms with Gasteiger partial charge < -0.3 is 21.1 Å². The van der Waals surface area contributed by atoms with E-state index in [1.165, 1.54) is 0 Å². The number of rotatable bonds is 8. The van der Waals surface area contributed by atoms with Crippen molar-refractivity contribution >= 4 is 28.5 Å². The minimum Gasteiger partial charge on any atom is -0.386 e. The normalized spacial score (nSPS) is 19.7. The lowest BCUT2D eigenvalue weighted by Crippen LogP contribution is -2.43. The lowest BCUT2D eigenvalue weighted by molar-refractivity contribution is 0.0901. The second-order valence-corrected chi connectivity index (χ2v) is 9.26. The molecule has 1 aliphatic rings. The lowest BCUT2D eigenvalue weighted by Gasteiger charge is -2.31. The molecule has 1 aromatic heterocycles. The highest BCUT2D eigenvalue weighted by Gasteiger charge is 2.27. The monoisotopic (exact) mass is 440 g/mol. The number of benzene rings is 1. The second-order valence-electron chi connectivity index (χ2n) is 9.26. The van der Waals surface area contributed by atoms with E-state index in [0.29, 0.717) is 18.3 Å². The van der Waals surface area contributed by atoms with Gasteiger partial charge in [0.05, 0.1) is 11.6 Å². The summed E-state index contributed by atoms with van der Waals surface area (Å²) in [6.07, 6.45) is 4.92. The van der Waals surface area contributed by atoms with E-state index in [4.69, 9.17) is 15.5 Å². The average molecular weight is 441 g/mol. The quantitative estimate of drug-likeness (QED) is 0.427. The number of nitrogens with one attached hydrogen (secondary N) is 2. The number of amidine groups is 1. The van der Waals surface area contributed by atoms with E-state index in [2.05, 4.69) is 26.7 Å². The first kappa shape index (κ1) is 23.9. The van der Waals surface area contributed by atoms with Gasteiger partial charge in [-0.25, -0.2) is 9.97 Å². The summed E-state index contributed by atoms with van der Waals surface area (Å²) in [6, 6.07) is 6.09. The van der Waals surface area contributed by atoms with Crippen molar-refractivity contribution < 1.29 is 9.53 Å². The van der Waals surface area contributed by atoms with Crippen molar-refractivity contribution in [3.8, 4) is 0 Å². The molecule has 174 valence electrons. The first-order valence-corrected chi connectivity index (χ1v) is 11.4. The molecule has 2 aromatic rings. The van der Waals surface area contributed by atoms with E-state index in [-0.39, 0.29) is 29.4 Å². The van der Waals surface area contributed by atoms with Crippen LogP contribution in [0.15, 0.2) is 23.2 Å². The molecule has 1 aromatic carbocycles. The number of ether oxygens (including phenoxy) is 1. The molecule has 0 bridgehead atoms. The molecule has 1 heterocycles. The third-order valence-electron chi connectivity index (χ3n) is 6.07. The van der Waals surface area contributed by atoms with Crippen LogP contribution in [0.3, 0.4) is 0 Å².